The first-order valence-corrected chi connectivity index (χ1v) is 7.56. The van der Waals surface area contributed by atoms with Gasteiger partial charge in [-0.05, 0) is 12.8 Å². The molecule has 1 fully saturated rings. The van der Waals surface area contributed by atoms with Crippen molar-refractivity contribution in [2.45, 2.75) is 32.2 Å². The minimum absolute atomic E-state index is 0.221. The van der Waals surface area contributed by atoms with Gasteiger partial charge in [-0.25, -0.2) is 4.98 Å². The number of nitrogens with zero attached hydrogens (tertiary/aromatic N) is 4. The molecule has 0 amide bonds. The lowest BCUT2D eigenvalue weighted by atomic mass is 10.2. The summed E-state index contributed by atoms with van der Waals surface area (Å²) < 4.78 is 27.6. The number of nitrogens with one attached hydrogen (secondary N) is 1. The Morgan fingerprint density at radius 1 is 1.33 bits per heavy atom. The van der Waals surface area contributed by atoms with Crippen molar-refractivity contribution in [2.75, 3.05) is 20.1 Å². The van der Waals surface area contributed by atoms with Crippen molar-refractivity contribution >= 4 is 10.2 Å². The number of H-pyrrole nitrogens is 1. The van der Waals surface area contributed by atoms with E-state index in [0.717, 1.165) is 25.7 Å². The molecule has 0 bridgehead atoms. The van der Waals surface area contributed by atoms with Gasteiger partial charge >= 0.3 is 0 Å². The van der Waals surface area contributed by atoms with Crippen LogP contribution in [-0.4, -0.2) is 52.3 Å². The highest BCUT2D eigenvalue weighted by atomic mass is 32.2. The summed E-state index contributed by atoms with van der Waals surface area (Å²) in [5.74, 6) is 0.552. The van der Waals surface area contributed by atoms with Gasteiger partial charge in [0.2, 0.25) is 0 Å². The van der Waals surface area contributed by atoms with E-state index >= 15 is 0 Å². The van der Waals surface area contributed by atoms with Gasteiger partial charge in [0.15, 0.2) is 0 Å². The predicted octanol–water partition coefficient (Wildman–Crippen LogP) is 0.357. The monoisotopic (exact) mass is 273 g/mol. The minimum Gasteiger partial charge on any atom is -0.262 e. The normalized spacial score (nSPS) is 19.0. The molecule has 1 aliphatic heterocycles. The molecule has 0 saturated carbocycles. The lowest BCUT2D eigenvalue weighted by Crippen LogP contribution is -2.42. The van der Waals surface area contributed by atoms with Crippen molar-refractivity contribution < 1.29 is 8.42 Å². The molecule has 0 atom stereocenters. The van der Waals surface area contributed by atoms with Gasteiger partial charge in [0.1, 0.15) is 12.2 Å². The van der Waals surface area contributed by atoms with Crippen LogP contribution in [0.1, 0.15) is 31.5 Å². The second kappa shape index (κ2) is 5.77. The molecule has 1 aromatic heterocycles. The van der Waals surface area contributed by atoms with E-state index in [-0.39, 0.29) is 6.54 Å². The Labute approximate surface area is 107 Å². The molecule has 7 nitrogen and oxygen atoms in total. The van der Waals surface area contributed by atoms with E-state index in [1.165, 1.54) is 10.6 Å². The molecule has 1 N–H and O–H groups in total. The molecule has 0 spiro atoms. The molecular formula is C10H19N5O2S. The second-order valence-corrected chi connectivity index (χ2v) is 6.54. The zero-order valence-electron chi connectivity index (χ0n) is 10.5. The zero-order valence-corrected chi connectivity index (χ0v) is 11.4. The second-order valence-electron chi connectivity index (χ2n) is 4.51. The van der Waals surface area contributed by atoms with E-state index in [0.29, 0.717) is 18.9 Å². The van der Waals surface area contributed by atoms with Gasteiger partial charge in [0.25, 0.3) is 10.2 Å². The fourth-order valence-corrected chi connectivity index (χ4v) is 3.47. The molecular weight excluding hydrogens is 254 g/mol. The molecule has 0 radical (unpaired) electrons. The standard InChI is InChI=1S/C10H19N5O2S/c1-14(8-10-11-9-12-13-10)18(16,17)15-6-4-2-3-5-7-15/h9H,2-8H2,1H3,(H,11,12,13). The smallest absolute Gasteiger partial charge is 0.262 e. The number of rotatable bonds is 4. The molecule has 0 unspecified atom stereocenters. The third-order valence-electron chi connectivity index (χ3n) is 3.12. The van der Waals surface area contributed by atoms with Crippen LogP contribution in [0.2, 0.25) is 0 Å². The summed E-state index contributed by atoms with van der Waals surface area (Å²) in [6.07, 6.45) is 5.47. The maximum absolute atomic E-state index is 12.4. The Balaban J connectivity index is 2.04. The first-order chi connectivity index (χ1) is 8.60. The molecule has 2 rings (SSSR count). The zero-order chi connectivity index (χ0) is 13.0. The van der Waals surface area contributed by atoms with Gasteiger partial charge in [0.05, 0.1) is 6.54 Å². The van der Waals surface area contributed by atoms with Gasteiger partial charge in [-0.3, -0.25) is 5.10 Å². The Hall–Kier alpha value is -0.990. The highest BCUT2D eigenvalue weighted by Crippen LogP contribution is 2.16. The highest BCUT2D eigenvalue weighted by Gasteiger charge is 2.27. The van der Waals surface area contributed by atoms with Crippen molar-refractivity contribution in [2.24, 2.45) is 0 Å². The van der Waals surface area contributed by atoms with Gasteiger partial charge in [-0.2, -0.15) is 22.1 Å². The molecule has 0 aliphatic carbocycles. The Bertz CT molecular complexity index is 451. The Morgan fingerprint density at radius 3 is 2.56 bits per heavy atom. The minimum atomic E-state index is -3.38. The third kappa shape index (κ3) is 3.06. The molecule has 2 heterocycles. The van der Waals surface area contributed by atoms with Crippen molar-refractivity contribution in [3.63, 3.8) is 0 Å². The predicted molar refractivity (Wildman–Crippen MR) is 66.8 cm³/mol. The largest absolute Gasteiger partial charge is 0.282 e. The summed E-state index contributed by atoms with van der Waals surface area (Å²) in [5, 5.41) is 6.38. The SMILES string of the molecule is CN(Cc1ncn[nH]1)S(=O)(=O)N1CCCCCC1. The van der Waals surface area contributed by atoms with Crippen LogP contribution in [0.4, 0.5) is 0 Å². The Morgan fingerprint density at radius 2 is 2.00 bits per heavy atom. The van der Waals surface area contributed by atoms with Crippen LogP contribution in [0.5, 0.6) is 0 Å². The number of aromatic amines is 1. The van der Waals surface area contributed by atoms with E-state index in [2.05, 4.69) is 15.2 Å². The lowest BCUT2D eigenvalue weighted by molar-refractivity contribution is 0.360. The Kier molecular flexibility index (Phi) is 4.31. The van der Waals surface area contributed by atoms with E-state index in [1.54, 1.807) is 11.4 Å². The maximum Gasteiger partial charge on any atom is 0.282 e. The quantitative estimate of drug-likeness (QED) is 0.858. The summed E-state index contributed by atoms with van der Waals surface area (Å²) in [4.78, 5) is 3.94. The van der Waals surface area contributed by atoms with E-state index in [1.807, 2.05) is 0 Å². The summed E-state index contributed by atoms with van der Waals surface area (Å²) in [5.41, 5.74) is 0. The van der Waals surface area contributed by atoms with Crippen LogP contribution in [0.15, 0.2) is 6.33 Å². The van der Waals surface area contributed by atoms with Gasteiger partial charge in [-0.15, -0.1) is 0 Å². The first-order valence-electron chi connectivity index (χ1n) is 6.16. The van der Waals surface area contributed by atoms with E-state index in [9.17, 15) is 8.42 Å². The molecule has 0 aromatic carbocycles. The average Bonchev–Trinajstić information content (AvgIpc) is 2.68. The molecule has 18 heavy (non-hydrogen) atoms. The number of hydrogen-bond donors (Lipinski definition) is 1. The summed E-state index contributed by atoms with van der Waals surface area (Å²) in [6, 6.07) is 0. The van der Waals surface area contributed by atoms with Gasteiger partial charge < -0.3 is 0 Å². The van der Waals surface area contributed by atoms with Crippen molar-refractivity contribution in [1.82, 2.24) is 23.8 Å². The van der Waals surface area contributed by atoms with Crippen LogP contribution >= 0.6 is 0 Å². The number of hydrogen-bond acceptors (Lipinski definition) is 4. The maximum atomic E-state index is 12.4. The number of aromatic nitrogens is 3. The fourth-order valence-electron chi connectivity index (χ4n) is 2.07. The first kappa shape index (κ1) is 13.4. The summed E-state index contributed by atoms with van der Waals surface area (Å²) in [6.45, 7) is 1.45. The van der Waals surface area contributed by atoms with Crippen molar-refractivity contribution in [1.29, 1.82) is 0 Å². The molecule has 1 aliphatic rings. The average molecular weight is 273 g/mol. The fraction of sp³-hybridized carbons (Fsp3) is 0.800. The van der Waals surface area contributed by atoms with Crippen molar-refractivity contribution in [3.05, 3.63) is 12.2 Å². The third-order valence-corrected chi connectivity index (χ3v) is 5.06. The van der Waals surface area contributed by atoms with E-state index < -0.39 is 10.2 Å². The summed E-state index contributed by atoms with van der Waals surface area (Å²) in [7, 11) is -1.81. The molecule has 102 valence electrons. The molecule has 1 aromatic rings. The van der Waals surface area contributed by atoms with E-state index in [4.69, 9.17) is 0 Å². The topological polar surface area (TPSA) is 82.2 Å². The highest BCUT2D eigenvalue weighted by molar-refractivity contribution is 7.86. The van der Waals surface area contributed by atoms with Gasteiger partial charge in [-0.1, -0.05) is 12.8 Å². The van der Waals surface area contributed by atoms with Crippen LogP contribution in [0.3, 0.4) is 0 Å². The molecule has 8 heteroatoms. The summed E-state index contributed by atoms with van der Waals surface area (Å²) >= 11 is 0. The van der Waals surface area contributed by atoms with Crippen LogP contribution in [-0.2, 0) is 16.8 Å². The lowest BCUT2D eigenvalue weighted by Gasteiger charge is -2.25. The van der Waals surface area contributed by atoms with Crippen LogP contribution in [0, 0.1) is 0 Å². The van der Waals surface area contributed by atoms with Crippen LogP contribution < -0.4 is 0 Å². The van der Waals surface area contributed by atoms with Crippen molar-refractivity contribution in [3.8, 4) is 0 Å². The van der Waals surface area contributed by atoms with Crippen LogP contribution in [0.25, 0.3) is 0 Å². The van der Waals surface area contributed by atoms with Gasteiger partial charge in [0, 0.05) is 20.1 Å². The molecule has 1 saturated heterocycles.